The van der Waals surface area contributed by atoms with Gasteiger partial charge in [-0.05, 0) is 25.1 Å². The van der Waals surface area contributed by atoms with Crippen molar-refractivity contribution in [2.45, 2.75) is 12.2 Å². The largest absolute Gasteiger partial charge is 0.384 e. The summed E-state index contributed by atoms with van der Waals surface area (Å²) < 4.78 is 24.3. The molecule has 5 heteroatoms. The Labute approximate surface area is 96.7 Å². The van der Waals surface area contributed by atoms with Gasteiger partial charge in [0.1, 0.15) is 11.9 Å². The third kappa shape index (κ3) is 3.31. The number of nitrogens with one attached hydrogen (secondary N) is 1. The Morgan fingerprint density at radius 2 is 2.31 bits per heavy atom. The van der Waals surface area contributed by atoms with Gasteiger partial charge >= 0.3 is 0 Å². The first-order valence-electron chi connectivity index (χ1n) is 4.80. The van der Waals surface area contributed by atoms with E-state index in [1.54, 1.807) is 18.4 Å². The van der Waals surface area contributed by atoms with Crippen molar-refractivity contribution < 1.29 is 8.60 Å². The second kappa shape index (κ2) is 5.61. The lowest BCUT2D eigenvalue weighted by Crippen LogP contribution is -2.20. The number of benzene rings is 1. The van der Waals surface area contributed by atoms with Gasteiger partial charge in [0.05, 0.1) is 5.56 Å². The van der Waals surface area contributed by atoms with Crippen LogP contribution in [0.2, 0.25) is 0 Å². The molecule has 0 saturated carbocycles. The molecule has 0 aliphatic rings. The smallest absolute Gasteiger partial charge is 0.143 e. The van der Waals surface area contributed by atoms with Crippen molar-refractivity contribution in [3.63, 3.8) is 0 Å². The maximum absolute atomic E-state index is 13.2. The van der Waals surface area contributed by atoms with E-state index in [0.29, 0.717) is 12.2 Å². The summed E-state index contributed by atoms with van der Waals surface area (Å²) in [5, 5.41) is 11.5. The standard InChI is InChI=1S/C11H13FN2OS/c1-8(16(2)15)7-14-10-4-3-9(6-13)11(12)5-10/h3-5,8,14H,7H2,1-2H3. The third-order valence-electron chi connectivity index (χ3n) is 2.25. The molecule has 0 aromatic heterocycles. The second-order valence-corrected chi connectivity index (χ2v) is 5.30. The van der Waals surface area contributed by atoms with Crippen LogP contribution in [0.3, 0.4) is 0 Å². The number of hydrogen-bond acceptors (Lipinski definition) is 3. The predicted octanol–water partition coefficient (Wildman–Crippen LogP) is 1.88. The molecule has 16 heavy (non-hydrogen) atoms. The fraction of sp³-hybridized carbons (Fsp3) is 0.364. The lowest BCUT2D eigenvalue weighted by atomic mass is 10.2. The van der Waals surface area contributed by atoms with Crippen molar-refractivity contribution in [2.24, 2.45) is 0 Å². The summed E-state index contributed by atoms with van der Waals surface area (Å²) in [6.45, 7) is 2.36. The summed E-state index contributed by atoms with van der Waals surface area (Å²) in [4.78, 5) is 0. The molecule has 0 spiro atoms. The Bertz CT molecular complexity index is 442. The molecule has 0 saturated heterocycles. The summed E-state index contributed by atoms with van der Waals surface area (Å²) >= 11 is 0. The normalized spacial score (nSPS) is 13.9. The fourth-order valence-corrected chi connectivity index (χ4v) is 1.41. The number of anilines is 1. The Hall–Kier alpha value is -1.41. The van der Waals surface area contributed by atoms with E-state index in [0.717, 1.165) is 0 Å². The van der Waals surface area contributed by atoms with E-state index in [-0.39, 0.29) is 10.8 Å². The highest BCUT2D eigenvalue weighted by molar-refractivity contribution is 7.84. The fourth-order valence-electron chi connectivity index (χ4n) is 1.09. The van der Waals surface area contributed by atoms with Gasteiger partial charge in [-0.15, -0.1) is 0 Å². The van der Waals surface area contributed by atoms with Crippen LogP contribution in [0.1, 0.15) is 12.5 Å². The van der Waals surface area contributed by atoms with Crippen LogP contribution >= 0.6 is 0 Å². The number of hydrogen-bond donors (Lipinski definition) is 1. The summed E-state index contributed by atoms with van der Waals surface area (Å²) in [7, 11) is -0.904. The molecule has 0 aliphatic heterocycles. The molecule has 2 atom stereocenters. The van der Waals surface area contributed by atoms with E-state index >= 15 is 0 Å². The van der Waals surface area contributed by atoms with E-state index in [2.05, 4.69) is 5.32 Å². The van der Waals surface area contributed by atoms with E-state index in [9.17, 15) is 8.60 Å². The Kier molecular flexibility index (Phi) is 4.44. The van der Waals surface area contributed by atoms with E-state index in [4.69, 9.17) is 5.26 Å². The van der Waals surface area contributed by atoms with Crippen LogP contribution in [-0.4, -0.2) is 22.3 Å². The predicted molar refractivity (Wildman–Crippen MR) is 63.1 cm³/mol. The summed E-state index contributed by atoms with van der Waals surface area (Å²) in [6.07, 6.45) is 1.63. The van der Waals surface area contributed by atoms with Crippen molar-refractivity contribution in [3.05, 3.63) is 29.6 Å². The van der Waals surface area contributed by atoms with Crippen molar-refractivity contribution in [1.29, 1.82) is 5.26 Å². The van der Waals surface area contributed by atoms with Gasteiger partial charge in [-0.3, -0.25) is 4.21 Å². The van der Waals surface area contributed by atoms with Gasteiger partial charge in [0.15, 0.2) is 0 Å². The van der Waals surface area contributed by atoms with Crippen molar-refractivity contribution in [3.8, 4) is 6.07 Å². The van der Waals surface area contributed by atoms with Gasteiger partial charge in [-0.2, -0.15) is 5.26 Å². The van der Waals surface area contributed by atoms with Gasteiger partial charge in [-0.1, -0.05) is 0 Å². The SMILES string of the molecule is CC(CNc1ccc(C#N)c(F)c1)S(C)=O. The molecule has 1 N–H and O–H groups in total. The molecule has 1 aromatic carbocycles. The first-order valence-corrected chi connectivity index (χ1v) is 6.42. The monoisotopic (exact) mass is 240 g/mol. The molecule has 2 unspecified atom stereocenters. The average Bonchev–Trinajstić information content (AvgIpc) is 2.25. The van der Waals surface area contributed by atoms with Crippen molar-refractivity contribution >= 4 is 16.5 Å². The highest BCUT2D eigenvalue weighted by Gasteiger charge is 2.07. The van der Waals surface area contributed by atoms with Gasteiger partial charge < -0.3 is 5.32 Å². The Balaban J connectivity index is 2.66. The summed E-state index contributed by atoms with van der Waals surface area (Å²) in [5.74, 6) is -0.544. The van der Waals surface area contributed by atoms with Gasteiger partial charge in [0.25, 0.3) is 0 Å². The molecule has 3 nitrogen and oxygen atoms in total. The van der Waals surface area contributed by atoms with Crippen LogP contribution in [-0.2, 0) is 10.8 Å². The van der Waals surface area contributed by atoms with Crippen LogP contribution in [0.25, 0.3) is 0 Å². The Morgan fingerprint density at radius 3 is 2.81 bits per heavy atom. The zero-order valence-electron chi connectivity index (χ0n) is 9.16. The molecule has 0 aliphatic carbocycles. The van der Waals surface area contributed by atoms with Crippen molar-refractivity contribution in [2.75, 3.05) is 18.1 Å². The first kappa shape index (κ1) is 12.7. The van der Waals surface area contributed by atoms with Gasteiger partial charge in [0, 0.05) is 34.5 Å². The summed E-state index contributed by atoms with van der Waals surface area (Å²) in [5.41, 5.74) is 0.617. The van der Waals surface area contributed by atoms with Crippen LogP contribution in [0.5, 0.6) is 0 Å². The lowest BCUT2D eigenvalue weighted by molar-refractivity contribution is 0.624. The molecule has 0 heterocycles. The highest BCUT2D eigenvalue weighted by atomic mass is 32.2. The van der Waals surface area contributed by atoms with Crippen LogP contribution in [0.15, 0.2) is 18.2 Å². The number of nitriles is 1. The minimum atomic E-state index is -0.904. The van der Waals surface area contributed by atoms with Crippen LogP contribution < -0.4 is 5.32 Å². The van der Waals surface area contributed by atoms with Crippen molar-refractivity contribution in [1.82, 2.24) is 0 Å². The van der Waals surface area contributed by atoms with E-state index < -0.39 is 16.6 Å². The Morgan fingerprint density at radius 1 is 1.62 bits per heavy atom. The molecule has 0 amide bonds. The number of halogens is 1. The quantitative estimate of drug-likeness (QED) is 0.874. The first-order chi connectivity index (χ1) is 7.54. The van der Waals surface area contributed by atoms with Crippen LogP contribution in [0.4, 0.5) is 10.1 Å². The number of nitrogens with zero attached hydrogens (tertiary/aromatic N) is 1. The van der Waals surface area contributed by atoms with E-state index in [1.807, 2.05) is 6.92 Å². The third-order valence-corrected chi connectivity index (χ3v) is 3.55. The van der Waals surface area contributed by atoms with Gasteiger partial charge in [-0.25, -0.2) is 4.39 Å². The highest BCUT2D eigenvalue weighted by Crippen LogP contribution is 2.13. The van der Waals surface area contributed by atoms with Gasteiger partial charge in [0.2, 0.25) is 0 Å². The molecule has 0 radical (unpaired) electrons. The zero-order chi connectivity index (χ0) is 12.1. The average molecular weight is 240 g/mol. The van der Waals surface area contributed by atoms with E-state index in [1.165, 1.54) is 12.1 Å². The second-order valence-electron chi connectivity index (χ2n) is 3.50. The molecule has 1 aromatic rings. The lowest BCUT2D eigenvalue weighted by Gasteiger charge is -2.11. The molecule has 1 rings (SSSR count). The zero-order valence-corrected chi connectivity index (χ0v) is 9.97. The maximum Gasteiger partial charge on any atom is 0.143 e. The molecular weight excluding hydrogens is 227 g/mol. The molecule has 0 fully saturated rings. The minimum absolute atomic E-state index is 0.00120. The summed E-state index contributed by atoms with van der Waals surface area (Å²) in [6, 6.07) is 6.08. The minimum Gasteiger partial charge on any atom is -0.384 e. The number of rotatable bonds is 4. The topological polar surface area (TPSA) is 52.9 Å². The van der Waals surface area contributed by atoms with Crippen LogP contribution in [0, 0.1) is 17.1 Å². The molecule has 86 valence electrons. The maximum atomic E-state index is 13.2. The molecule has 0 bridgehead atoms. The molecular formula is C11H13FN2OS.